The molecule has 0 spiro atoms. The van der Waals surface area contributed by atoms with Gasteiger partial charge < -0.3 is 10.1 Å². The average molecular weight is 261 g/mol. The fourth-order valence-electron chi connectivity index (χ4n) is 2.72. The van der Waals surface area contributed by atoms with Crippen LogP contribution in [0.2, 0.25) is 0 Å². The number of rotatable bonds is 7. The van der Waals surface area contributed by atoms with Crippen molar-refractivity contribution in [2.24, 2.45) is 5.92 Å². The maximum Gasteiger partial charge on any atom is 0.0797 e. The summed E-state index contributed by atoms with van der Waals surface area (Å²) in [6, 6.07) is 7.13. The van der Waals surface area contributed by atoms with Gasteiger partial charge in [0.05, 0.1) is 12.1 Å². The van der Waals surface area contributed by atoms with Crippen LogP contribution in [0.4, 0.5) is 0 Å². The first-order valence-corrected chi connectivity index (χ1v) is 7.59. The summed E-state index contributed by atoms with van der Waals surface area (Å²) in [4.78, 5) is 0. The van der Waals surface area contributed by atoms with E-state index in [1.165, 1.54) is 29.5 Å². The summed E-state index contributed by atoms with van der Waals surface area (Å²) in [6.07, 6.45) is 2.96. The van der Waals surface area contributed by atoms with Crippen molar-refractivity contribution in [2.75, 3.05) is 13.2 Å². The Morgan fingerprint density at radius 2 is 1.95 bits per heavy atom. The van der Waals surface area contributed by atoms with Crippen LogP contribution in [0.25, 0.3) is 0 Å². The highest BCUT2D eigenvalue weighted by atomic mass is 16.5. The van der Waals surface area contributed by atoms with E-state index in [0.29, 0.717) is 12.1 Å². The minimum atomic E-state index is 0.326. The number of aryl methyl sites for hydroxylation is 2. The molecule has 0 saturated heterocycles. The lowest BCUT2D eigenvalue weighted by Gasteiger charge is -2.28. The number of hydrogen-bond acceptors (Lipinski definition) is 2. The monoisotopic (exact) mass is 261 g/mol. The predicted molar refractivity (Wildman–Crippen MR) is 80.5 cm³/mol. The second-order valence-corrected chi connectivity index (χ2v) is 5.64. The second-order valence-electron chi connectivity index (χ2n) is 5.64. The van der Waals surface area contributed by atoms with E-state index in [2.05, 4.69) is 51.2 Å². The normalized spacial score (nSPS) is 18.3. The Morgan fingerprint density at radius 3 is 2.47 bits per heavy atom. The van der Waals surface area contributed by atoms with E-state index in [9.17, 15) is 0 Å². The number of benzene rings is 1. The van der Waals surface area contributed by atoms with E-state index < -0.39 is 0 Å². The van der Waals surface area contributed by atoms with Gasteiger partial charge in [-0.3, -0.25) is 0 Å². The van der Waals surface area contributed by atoms with E-state index >= 15 is 0 Å². The van der Waals surface area contributed by atoms with Crippen LogP contribution in [-0.2, 0) is 4.74 Å². The zero-order chi connectivity index (χ0) is 13.8. The predicted octanol–water partition coefficient (Wildman–Crippen LogP) is 3.77. The molecule has 1 fully saturated rings. The first kappa shape index (κ1) is 14.5. The molecule has 0 radical (unpaired) electrons. The zero-order valence-corrected chi connectivity index (χ0v) is 12.7. The summed E-state index contributed by atoms with van der Waals surface area (Å²) in [5.74, 6) is 0.741. The SMILES string of the molecule is CCNC(c1ccc(C)c(C)c1)C(OCC)C1CC1. The van der Waals surface area contributed by atoms with Crippen molar-refractivity contribution < 1.29 is 4.74 Å². The third-order valence-corrected chi connectivity index (χ3v) is 4.09. The van der Waals surface area contributed by atoms with Crippen LogP contribution in [0.15, 0.2) is 18.2 Å². The van der Waals surface area contributed by atoms with Crippen molar-refractivity contribution in [1.82, 2.24) is 5.32 Å². The van der Waals surface area contributed by atoms with Gasteiger partial charge in [0.1, 0.15) is 0 Å². The summed E-state index contributed by atoms with van der Waals surface area (Å²) in [5, 5.41) is 3.63. The number of hydrogen-bond donors (Lipinski definition) is 1. The lowest BCUT2D eigenvalue weighted by molar-refractivity contribution is 0.0189. The van der Waals surface area contributed by atoms with Crippen molar-refractivity contribution in [3.05, 3.63) is 34.9 Å². The van der Waals surface area contributed by atoms with Crippen molar-refractivity contribution in [2.45, 2.75) is 52.7 Å². The summed E-state index contributed by atoms with van der Waals surface area (Å²) >= 11 is 0. The number of ether oxygens (including phenoxy) is 1. The minimum Gasteiger partial charge on any atom is -0.376 e. The average Bonchev–Trinajstić information content (AvgIpc) is 3.21. The molecule has 19 heavy (non-hydrogen) atoms. The van der Waals surface area contributed by atoms with E-state index in [1.807, 2.05) is 0 Å². The Kier molecular flexibility index (Phi) is 5.00. The molecule has 0 bridgehead atoms. The van der Waals surface area contributed by atoms with Crippen LogP contribution in [0.1, 0.15) is 49.4 Å². The Hall–Kier alpha value is -0.860. The Bertz CT molecular complexity index is 412. The van der Waals surface area contributed by atoms with Crippen LogP contribution < -0.4 is 5.32 Å². The van der Waals surface area contributed by atoms with Crippen LogP contribution in [0.3, 0.4) is 0 Å². The molecular weight excluding hydrogens is 234 g/mol. The van der Waals surface area contributed by atoms with Crippen molar-refractivity contribution in [3.63, 3.8) is 0 Å². The second kappa shape index (κ2) is 6.53. The van der Waals surface area contributed by atoms with Crippen molar-refractivity contribution in [3.8, 4) is 0 Å². The van der Waals surface area contributed by atoms with Gasteiger partial charge in [0.25, 0.3) is 0 Å². The van der Waals surface area contributed by atoms with E-state index in [0.717, 1.165) is 19.1 Å². The molecule has 1 aromatic carbocycles. The van der Waals surface area contributed by atoms with E-state index in [-0.39, 0.29) is 0 Å². The largest absolute Gasteiger partial charge is 0.376 e. The molecule has 2 heteroatoms. The molecule has 2 rings (SSSR count). The van der Waals surface area contributed by atoms with Gasteiger partial charge in [-0.05, 0) is 62.8 Å². The molecule has 106 valence electrons. The maximum atomic E-state index is 6.04. The highest BCUT2D eigenvalue weighted by molar-refractivity contribution is 5.32. The summed E-state index contributed by atoms with van der Waals surface area (Å²) in [5.41, 5.74) is 4.10. The highest BCUT2D eigenvalue weighted by Crippen LogP contribution is 2.40. The highest BCUT2D eigenvalue weighted by Gasteiger charge is 2.37. The molecule has 1 aromatic rings. The van der Waals surface area contributed by atoms with Gasteiger partial charge in [0, 0.05) is 6.61 Å². The van der Waals surface area contributed by atoms with Gasteiger partial charge in [-0.2, -0.15) is 0 Å². The number of nitrogens with one attached hydrogen (secondary N) is 1. The van der Waals surface area contributed by atoms with Gasteiger partial charge in [0.2, 0.25) is 0 Å². The number of likely N-dealkylation sites (N-methyl/N-ethyl adjacent to an activating group) is 1. The molecule has 1 aliphatic carbocycles. The van der Waals surface area contributed by atoms with Crippen LogP contribution in [0.5, 0.6) is 0 Å². The lowest BCUT2D eigenvalue weighted by Crippen LogP contribution is -2.35. The molecule has 2 unspecified atom stereocenters. The van der Waals surface area contributed by atoms with Crippen molar-refractivity contribution in [1.29, 1.82) is 0 Å². The molecule has 0 amide bonds. The minimum absolute atomic E-state index is 0.326. The molecule has 1 N–H and O–H groups in total. The standard InChI is InChI=1S/C17H27NO/c1-5-18-16(17(19-6-2)14-9-10-14)15-8-7-12(3)13(4)11-15/h7-8,11,14,16-18H,5-6,9-10H2,1-4H3. The molecule has 0 heterocycles. The van der Waals surface area contributed by atoms with E-state index in [4.69, 9.17) is 4.74 Å². The first-order chi connectivity index (χ1) is 9.17. The fraction of sp³-hybridized carbons (Fsp3) is 0.647. The summed E-state index contributed by atoms with van der Waals surface area (Å²) in [7, 11) is 0. The first-order valence-electron chi connectivity index (χ1n) is 7.59. The van der Waals surface area contributed by atoms with Gasteiger partial charge in [-0.25, -0.2) is 0 Å². The quantitative estimate of drug-likeness (QED) is 0.806. The fourth-order valence-corrected chi connectivity index (χ4v) is 2.72. The molecule has 0 aromatic heterocycles. The van der Waals surface area contributed by atoms with Crippen LogP contribution in [-0.4, -0.2) is 19.3 Å². The molecule has 1 saturated carbocycles. The topological polar surface area (TPSA) is 21.3 Å². The van der Waals surface area contributed by atoms with Gasteiger partial charge in [0.15, 0.2) is 0 Å². The molecule has 2 atom stereocenters. The smallest absolute Gasteiger partial charge is 0.0797 e. The molecule has 1 aliphatic rings. The molecule has 0 aliphatic heterocycles. The maximum absolute atomic E-state index is 6.04. The Balaban J connectivity index is 2.23. The Labute approximate surface area is 117 Å². The molecule has 2 nitrogen and oxygen atoms in total. The summed E-state index contributed by atoms with van der Waals surface area (Å²) in [6.45, 7) is 10.4. The van der Waals surface area contributed by atoms with Gasteiger partial charge in [-0.15, -0.1) is 0 Å². The zero-order valence-electron chi connectivity index (χ0n) is 12.7. The van der Waals surface area contributed by atoms with E-state index in [1.54, 1.807) is 0 Å². The third-order valence-electron chi connectivity index (χ3n) is 4.09. The Morgan fingerprint density at radius 1 is 1.21 bits per heavy atom. The lowest BCUT2D eigenvalue weighted by atomic mass is 9.95. The van der Waals surface area contributed by atoms with Gasteiger partial charge in [-0.1, -0.05) is 25.1 Å². The van der Waals surface area contributed by atoms with Gasteiger partial charge >= 0.3 is 0 Å². The molecular formula is C17H27NO. The van der Waals surface area contributed by atoms with Crippen molar-refractivity contribution >= 4 is 0 Å². The summed E-state index contributed by atoms with van der Waals surface area (Å²) < 4.78 is 6.04. The third kappa shape index (κ3) is 3.58. The van der Waals surface area contributed by atoms with Crippen LogP contribution >= 0.6 is 0 Å². The van der Waals surface area contributed by atoms with Crippen LogP contribution in [0, 0.1) is 19.8 Å².